The molecule has 2 rings (SSSR count). The van der Waals surface area contributed by atoms with E-state index in [0.29, 0.717) is 5.69 Å². The van der Waals surface area contributed by atoms with Crippen molar-refractivity contribution in [2.24, 2.45) is 0 Å². The van der Waals surface area contributed by atoms with Crippen molar-refractivity contribution in [2.75, 3.05) is 29.9 Å². The zero-order valence-electron chi connectivity index (χ0n) is 12.3. The highest BCUT2D eigenvalue weighted by Gasteiger charge is 2.28. The maximum atomic E-state index is 12.2. The van der Waals surface area contributed by atoms with Gasteiger partial charge >= 0.3 is 6.03 Å². The summed E-state index contributed by atoms with van der Waals surface area (Å²) in [6.07, 6.45) is 0. The molecule has 3 amide bonds. The number of hydrogen-bond acceptors (Lipinski definition) is 4. The van der Waals surface area contributed by atoms with E-state index in [-0.39, 0.29) is 30.5 Å². The number of sulfone groups is 1. The van der Waals surface area contributed by atoms with Crippen LogP contribution in [0.4, 0.5) is 10.5 Å². The van der Waals surface area contributed by atoms with Gasteiger partial charge in [-0.1, -0.05) is 18.2 Å². The second-order valence-electron chi connectivity index (χ2n) is 5.16. The number of para-hydroxylation sites is 1. The lowest BCUT2D eigenvalue weighted by Gasteiger charge is -2.29. The van der Waals surface area contributed by atoms with Crippen LogP contribution < -0.4 is 10.6 Å². The molecule has 1 saturated heterocycles. The van der Waals surface area contributed by atoms with Crippen LogP contribution in [0.1, 0.15) is 6.92 Å². The Labute approximate surface area is 129 Å². The number of benzene rings is 1. The maximum Gasteiger partial charge on any atom is 0.319 e. The van der Waals surface area contributed by atoms with E-state index in [9.17, 15) is 18.0 Å². The molecule has 7 nitrogen and oxygen atoms in total. The fraction of sp³-hybridized carbons (Fsp3) is 0.429. The van der Waals surface area contributed by atoms with Gasteiger partial charge in [-0.15, -0.1) is 0 Å². The minimum atomic E-state index is -3.03. The standard InChI is InChI=1S/C14H19N3O4S/c1-11(13(18)17-7-9-22(20,21)10-8-17)15-14(19)16-12-5-3-2-4-6-12/h2-6,11H,7-10H2,1H3,(H2,15,16,19)/t11-/m0/s1. The van der Waals surface area contributed by atoms with Crippen LogP contribution in [0.2, 0.25) is 0 Å². The molecule has 1 aliphatic heterocycles. The molecule has 2 N–H and O–H groups in total. The fourth-order valence-corrected chi connectivity index (χ4v) is 3.35. The van der Waals surface area contributed by atoms with Gasteiger partial charge in [-0.3, -0.25) is 4.79 Å². The first-order chi connectivity index (χ1) is 10.4. The van der Waals surface area contributed by atoms with E-state index in [2.05, 4.69) is 10.6 Å². The fourth-order valence-electron chi connectivity index (χ4n) is 2.15. The van der Waals surface area contributed by atoms with Crippen molar-refractivity contribution in [1.29, 1.82) is 0 Å². The average molecular weight is 325 g/mol. The van der Waals surface area contributed by atoms with Crippen molar-refractivity contribution < 1.29 is 18.0 Å². The van der Waals surface area contributed by atoms with E-state index >= 15 is 0 Å². The molecule has 1 aliphatic rings. The van der Waals surface area contributed by atoms with E-state index in [1.807, 2.05) is 6.07 Å². The quantitative estimate of drug-likeness (QED) is 0.843. The van der Waals surface area contributed by atoms with E-state index in [4.69, 9.17) is 0 Å². The van der Waals surface area contributed by atoms with Crippen LogP contribution in [0.3, 0.4) is 0 Å². The number of amides is 3. The van der Waals surface area contributed by atoms with Gasteiger partial charge in [0.2, 0.25) is 5.91 Å². The van der Waals surface area contributed by atoms with E-state index in [1.165, 1.54) is 4.90 Å². The van der Waals surface area contributed by atoms with Crippen LogP contribution in [-0.2, 0) is 14.6 Å². The monoisotopic (exact) mass is 325 g/mol. The van der Waals surface area contributed by atoms with Crippen LogP contribution >= 0.6 is 0 Å². The van der Waals surface area contributed by atoms with Gasteiger partial charge in [0.25, 0.3) is 0 Å². The Kier molecular flexibility index (Phi) is 5.02. The molecule has 8 heteroatoms. The number of hydrogen-bond donors (Lipinski definition) is 2. The summed E-state index contributed by atoms with van der Waals surface area (Å²) in [4.78, 5) is 25.5. The molecule has 0 aliphatic carbocycles. The third-order valence-electron chi connectivity index (χ3n) is 3.41. The molecule has 1 atom stereocenters. The Morgan fingerprint density at radius 1 is 1.14 bits per heavy atom. The molecule has 1 aromatic rings. The van der Waals surface area contributed by atoms with Gasteiger partial charge in [0, 0.05) is 18.8 Å². The number of carbonyl (C=O) groups excluding carboxylic acids is 2. The summed E-state index contributed by atoms with van der Waals surface area (Å²) in [5.41, 5.74) is 0.628. The first kappa shape index (κ1) is 16.3. The molecule has 1 heterocycles. The normalized spacial score (nSPS) is 18.3. The number of nitrogens with one attached hydrogen (secondary N) is 2. The van der Waals surface area contributed by atoms with Crippen molar-refractivity contribution in [2.45, 2.75) is 13.0 Å². The predicted molar refractivity (Wildman–Crippen MR) is 83.3 cm³/mol. The van der Waals surface area contributed by atoms with Gasteiger partial charge in [-0.2, -0.15) is 0 Å². The van der Waals surface area contributed by atoms with Crippen molar-refractivity contribution in [3.8, 4) is 0 Å². The Balaban J connectivity index is 1.85. The van der Waals surface area contributed by atoms with Crippen LogP contribution in [0, 0.1) is 0 Å². The maximum absolute atomic E-state index is 12.2. The lowest BCUT2D eigenvalue weighted by Crippen LogP contribution is -2.52. The zero-order valence-corrected chi connectivity index (χ0v) is 13.1. The number of carbonyl (C=O) groups is 2. The largest absolute Gasteiger partial charge is 0.339 e. The first-order valence-corrected chi connectivity index (χ1v) is 8.81. The lowest BCUT2D eigenvalue weighted by molar-refractivity contribution is -0.132. The smallest absolute Gasteiger partial charge is 0.319 e. The second kappa shape index (κ2) is 6.78. The van der Waals surface area contributed by atoms with Gasteiger partial charge in [0.15, 0.2) is 9.84 Å². The topological polar surface area (TPSA) is 95.6 Å². The molecule has 0 bridgehead atoms. The predicted octanol–water partition coefficient (Wildman–Crippen LogP) is 0.454. The molecule has 120 valence electrons. The van der Waals surface area contributed by atoms with E-state index < -0.39 is 21.9 Å². The number of anilines is 1. The Bertz CT molecular complexity index is 631. The molecular formula is C14H19N3O4S. The number of rotatable bonds is 3. The number of urea groups is 1. The zero-order chi connectivity index (χ0) is 16.2. The molecular weight excluding hydrogens is 306 g/mol. The third kappa shape index (κ3) is 4.45. The van der Waals surface area contributed by atoms with Crippen molar-refractivity contribution >= 4 is 27.5 Å². The minimum Gasteiger partial charge on any atom is -0.339 e. The molecule has 0 unspecified atom stereocenters. The second-order valence-corrected chi connectivity index (χ2v) is 7.47. The summed E-state index contributed by atoms with van der Waals surface area (Å²) in [6, 6.07) is 7.70. The van der Waals surface area contributed by atoms with Crippen molar-refractivity contribution in [3.63, 3.8) is 0 Å². The van der Waals surface area contributed by atoms with Crippen molar-refractivity contribution in [3.05, 3.63) is 30.3 Å². The summed E-state index contributed by atoms with van der Waals surface area (Å²) < 4.78 is 22.7. The molecule has 22 heavy (non-hydrogen) atoms. The minimum absolute atomic E-state index is 0.0261. The highest BCUT2D eigenvalue weighted by Crippen LogP contribution is 2.07. The van der Waals surface area contributed by atoms with Crippen LogP contribution in [-0.4, -0.2) is 55.9 Å². The van der Waals surface area contributed by atoms with Gasteiger partial charge in [-0.25, -0.2) is 13.2 Å². The Morgan fingerprint density at radius 3 is 2.32 bits per heavy atom. The summed E-state index contributed by atoms with van der Waals surface area (Å²) in [5, 5.41) is 5.18. The molecule has 0 spiro atoms. The van der Waals surface area contributed by atoms with E-state index in [0.717, 1.165) is 0 Å². The molecule has 0 aromatic heterocycles. The summed E-state index contributed by atoms with van der Waals surface area (Å²) in [6.45, 7) is 1.93. The lowest BCUT2D eigenvalue weighted by atomic mass is 10.3. The Hall–Kier alpha value is -2.09. The third-order valence-corrected chi connectivity index (χ3v) is 5.01. The SMILES string of the molecule is C[C@H](NC(=O)Nc1ccccc1)C(=O)N1CCS(=O)(=O)CC1. The highest BCUT2D eigenvalue weighted by molar-refractivity contribution is 7.91. The number of nitrogens with zero attached hydrogens (tertiary/aromatic N) is 1. The van der Waals surface area contributed by atoms with Gasteiger partial charge in [-0.05, 0) is 19.1 Å². The van der Waals surface area contributed by atoms with Gasteiger partial charge in [0.05, 0.1) is 11.5 Å². The molecule has 0 radical (unpaired) electrons. The van der Waals surface area contributed by atoms with E-state index in [1.54, 1.807) is 31.2 Å². The molecule has 0 saturated carbocycles. The Morgan fingerprint density at radius 2 is 1.73 bits per heavy atom. The average Bonchev–Trinajstić information content (AvgIpc) is 2.47. The first-order valence-electron chi connectivity index (χ1n) is 6.99. The van der Waals surface area contributed by atoms with Crippen LogP contribution in [0.25, 0.3) is 0 Å². The summed E-state index contributed by atoms with van der Waals surface area (Å²) >= 11 is 0. The van der Waals surface area contributed by atoms with Crippen LogP contribution in [0.5, 0.6) is 0 Å². The molecule has 1 fully saturated rings. The van der Waals surface area contributed by atoms with Crippen LogP contribution in [0.15, 0.2) is 30.3 Å². The molecule has 1 aromatic carbocycles. The summed E-state index contributed by atoms with van der Waals surface area (Å²) in [5.74, 6) is -0.332. The highest BCUT2D eigenvalue weighted by atomic mass is 32.2. The van der Waals surface area contributed by atoms with Gasteiger partial charge in [0.1, 0.15) is 6.04 Å². The van der Waals surface area contributed by atoms with Gasteiger partial charge < -0.3 is 15.5 Å². The van der Waals surface area contributed by atoms with Crippen molar-refractivity contribution in [1.82, 2.24) is 10.2 Å². The summed E-state index contributed by atoms with van der Waals surface area (Å²) in [7, 11) is -3.03.